The van der Waals surface area contributed by atoms with E-state index in [9.17, 15) is 20.0 Å². The number of carboxylic acid groups (broad SMARTS) is 1. The fraction of sp³-hybridized carbons (Fsp3) is 0.0769. The molecule has 46 heavy (non-hydrogen) atoms. The molecule has 228 valence electrons. The maximum Gasteiger partial charge on any atom is 0.344 e. The van der Waals surface area contributed by atoms with Crippen molar-refractivity contribution in [1.82, 2.24) is 0 Å². The lowest BCUT2D eigenvalue weighted by molar-refractivity contribution is -0.253. The number of hydrogen-bond acceptors (Lipinski definition) is 6. The van der Waals surface area contributed by atoms with Gasteiger partial charge >= 0.3 is 11.9 Å². The lowest BCUT2D eigenvalue weighted by Crippen LogP contribution is -2.15. The molecule has 7 heteroatoms. The molecule has 0 saturated heterocycles. The molecule has 0 atom stereocenters. The Kier molecular flexibility index (Phi) is 9.15. The third-order valence-electron chi connectivity index (χ3n) is 7.65. The molecule has 0 unspecified atom stereocenters. The highest BCUT2D eigenvalue weighted by molar-refractivity contribution is 6.04. The lowest BCUT2D eigenvalue weighted by Gasteiger charge is -2.16. The second-order valence-corrected chi connectivity index (χ2v) is 10.8. The Morgan fingerprint density at radius 2 is 1.09 bits per heavy atom. The average Bonchev–Trinajstić information content (AvgIpc) is 3.08. The number of benzene rings is 6. The summed E-state index contributed by atoms with van der Waals surface area (Å²) in [6.45, 7) is -0.0678. The summed E-state index contributed by atoms with van der Waals surface area (Å²) in [4.78, 5) is 30.0. The van der Waals surface area contributed by atoms with Gasteiger partial charge in [0.25, 0.3) is 0 Å². The van der Waals surface area contributed by atoms with Crippen LogP contribution in [-0.4, -0.2) is 22.3 Å². The average molecular weight is 611 g/mol. The molecular weight excluding hydrogens is 580 g/mol. The van der Waals surface area contributed by atoms with Crippen molar-refractivity contribution in [2.75, 3.05) is 0 Å². The summed E-state index contributed by atoms with van der Waals surface area (Å²) in [6, 6.07) is 40.8. The highest BCUT2D eigenvalue weighted by atomic mass is 17.1. The molecule has 0 heterocycles. The molecule has 6 aromatic carbocycles. The zero-order valence-corrected chi connectivity index (χ0v) is 24.8. The Bertz CT molecular complexity index is 2000. The number of fused-ring (bicyclic) bond motifs is 1. The summed E-state index contributed by atoms with van der Waals surface area (Å²) in [6.07, 6.45) is 1.24. The SMILES string of the molecule is O=C(O)c1cc(Cc2ccccc2)ccc1C(=O)Oc1ccc(Oc2ccc(Cc3ccccc3)cc2COO)c2ccccc12. The van der Waals surface area contributed by atoms with E-state index in [-0.39, 0.29) is 23.5 Å². The quantitative estimate of drug-likeness (QED) is 0.0655. The summed E-state index contributed by atoms with van der Waals surface area (Å²) in [7, 11) is 0. The largest absolute Gasteiger partial charge is 0.478 e. The molecule has 0 amide bonds. The van der Waals surface area contributed by atoms with Gasteiger partial charge < -0.3 is 14.6 Å². The fourth-order valence-corrected chi connectivity index (χ4v) is 5.44. The predicted molar refractivity (Wildman–Crippen MR) is 175 cm³/mol. The molecule has 0 saturated carbocycles. The van der Waals surface area contributed by atoms with Crippen LogP contribution in [0.25, 0.3) is 10.8 Å². The van der Waals surface area contributed by atoms with Gasteiger partial charge in [0.05, 0.1) is 11.1 Å². The molecule has 2 N–H and O–H groups in total. The van der Waals surface area contributed by atoms with Gasteiger partial charge in [-0.2, -0.15) is 0 Å². The number of aromatic carboxylic acids is 1. The maximum atomic E-state index is 13.4. The van der Waals surface area contributed by atoms with Crippen LogP contribution in [0.3, 0.4) is 0 Å². The molecule has 0 fully saturated rings. The molecule has 0 aliphatic carbocycles. The van der Waals surface area contributed by atoms with Crippen LogP contribution in [0, 0.1) is 0 Å². The van der Waals surface area contributed by atoms with Crippen molar-refractivity contribution in [3.05, 3.63) is 172 Å². The van der Waals surface area contributed by atoms with Crippen LogP contribution in [0.4, 0.5) is 0 Å². The van der Waals surface area contributed by atoms with E-state index >= 15 is 0 Å². The van der Waals surface area contributed by atoms with Crippen molar-refractivity contribution in [3.8, 4) is 17.2 Å². The molecule has 0 aliphatic heterocycles. The van der Waals surface area contributed by atoms with E-state index in [1.807, 2.05) is 84.9 Å². The number of carboxylic acids is 1. The minimum atomic E-state index is -1.21. The number of hydrogen-bond donors (Lipinski definition) is 2. The van der Waals surface area contributed by atoms with E-state index in [0.717, 1.165) is 22.3 Å². The van der Waals surface area contributed by atoms with E-state index in [0.29, 0.717) is 40.7 Å². The third-order valence-corrected chi connectivity index (χ3v) is 7.65. The van der Waals surface area contributed by atoms with E-state index in [2.05, 4.69) is 17.0 Å². The molecule has 7 nitrogen and oxygen atoms in total. The Morgan fingerprint density at radius 1 is 0.543 bits per heavy atom. The summed E-state index contributed by atoms with van der Waals surface area (Å²) < 4.78 is 12.1. The molecule has 0 radical (unpaired) electrons. The van der Waals surface area contributed by atoms with E-state index in [1.54, 1.807) is 24.3 Å². The van der Waals surface area contributed by atoms with E-state index in [4.69, 9.17) is 9.47 Å². The number of carbonyl (C=O) groups excluding carboxylic acids is 1. The Balaban J connectivity index is 1.26. The Labute approximate surface area is 265 Å². The van der Waals surface area contributed by atoms with Gasteiger partial charge in [-0.3, -0.25) is 5.26 Å². The summed E-state index contributed by atoms with van der Waals surface area (Å²) in [5.74, 6) is -0.731. The second kappa shape index (κ2) is 13.9. The van der Waals surface area contributed by atoms with Crippen LogP contribution in [0.5, 0.6) is 17.2 Å². The zero-order chi connectivity index (χ0) is 31.9. The summed E-state index contributed by atoms with van der Waals surface area (Å²) in [5.41, 5.74) is 4.48. The molecule has 6 rings (SSSR count). The maximum absolute atomic E-state index is 13.4. The van der Waals surface area contributed by atoms with Crippen LogP contribution >= 0.6 is 0 Å². The van der Waals surface area contributed by atoms with Crippen LogP contribution in [0.1, 0.15) is 48.5 Å². The molecular formula is C39H30O7. The Hall–Kier alpha value is -5.76. The molecule has 0 bridgehead atoms. The van der Waals surface area contributed by atoms with Crippen molar-refractivity contribution in [3.63, 3.8) is 0 Å². The molecule has 0 aromatic heterocycles. The van der Waals surface area contributed by atoms with Crippen molar-refractivity contribution in [2.45, 2.75) is 19.4 Å². The summed E-state index contributed by atoms with van der Waals surface area (Å²) >= 11 is 0. The highest BCUT2D eigenvalue weighted by Crippen LogP contribution is 2.37. The van der Waals surface area contributed by atoms with Crippen molar-refractivity contribution >= 4 is 22.7 Å². The van der Waals surface area contributed by atoms with E-state index < -0.39 is 11.9 Å². The standard InChI is InChI=1S/C39H30O7/c40-38(41)34-24-29(22-27-11-5-2-6-12-27)15-17-33(34)39(42)46-37-20-19-36(31-13-7-8-14-32(31)37)45-35-18-16-28(23-30(35)25-44-43)21-26-9-3-1-4-10-26/h1-20,23-24,43H,21-22,25H2,(H,40,41). The number of esters is 1. The normalized spacial score (nSPS) is 10.9. The van der Waals surface area contributed by atoms with Gasteiger partial charge in [0.15, 0.2) is 0 Å². The minimum Gasteiger partial charge on any atom is -0.478 e. The van der Waals surface area contributed by atoms with E-state index in [1.165, 1.54) is 12.1 Å². The first-order chi connectivity index (χ1) is 22.5. The van der Waals surface area contributed by atoms with Crippen molar-refractivity contribution in [1.29, 1.82) is 0 Å². The van der Waals surface area contributed by atoms with Gasteiger partial charge in [-0.05, 0) is 71.5 Å². The van der Waals surface area contributed by atoms with Crippen LogP contribution in [0.2, 0.25) is 0 Å². The van der Waals surface area contributed by atoms with Crippen LogP contribution < -0.4 is 9.47 Å². The van der Waals surface area contributed by atoms with Gasteiger partial charge in [0.1, 0.15) is 23.9 Å². The monoisotopic (exact) mass is 610 g/mol. The van der Waals surface area contributed by atoms with Gasteiger partial charge in [0, 0.05) is 16.3 Å². The fourth-order valence-electron chi connectivity index (χ4n) is 5.44. The number of carbonyl (C=O) groups is 2. The highest BCUT2D eigenvalue weighted by Gasteiger charge is 2.21. The first-order valence-electron chi connectivity index (χ1n) is 14.7. The zero-order valence-electron chi connectivity index (χ0n) is 24.8. The van der Waals surface area contributed by atoms with Gasteiger partial charge in [-0.15, -0.1) is 0 Å². The molecule has 0 spiro atoms. The van der Waals surface area contributed by atoms with Crippen LogP contribution in [0.15, 0.2) is 133 Å². The predicted octanol–water partition coefficient (Wildman–Crippen LogP) is 8.72. The van der Waals surface area contributed by atoms with Crippen molar-refractivity contribution < 1.29 is 34.3 Å². The van der Waals surface area contributed by atoms with Crippen LogP contribution in [-0.2, 0) is 24.3 Å². The third kappa shape index (κ3) is 6.97. The Morgan fingerprint density at radius 3 is 1.72 bits per heavy atom. The minimum absolute atomic E-state index is 0.0436. The lowest BCUT2D eigenvalue weighted by atomic mass is 9.99. The van der Waals surface area contributed by atoms with Gasteiger partial charge in [-0.1, -0.05) is 97.1 Å². The first kappa shape index (κ1) is 30.3. The second-order valence-electron chi connectivity index (χ2n) is 10.8. The smallest absolute Gasteiger partial charge is 0.344 e. The van der Waals surface area contributed by atoms with Gasteiger partial charge in [0.2, 0.25) is 0 Å². The van der Waals surface area contributed by atoms with Crippen molar-refractivity contribution in [2.24, 2.45) is 0 Å². The summed E-state index contributed by atoms with van der Waals surface area (Å²) in [5, 5.41) is 20.5. The molecule has 0 aliphatic rings. The first-order valence-corrected chi connectivity index (χ1v) is 14.7. The number of rotatable bonds is 11. The topological polar surface area (TPSA) is 102 Å². The molecule has 6 aromatic rings. The number of ether oxygens (including phenoxy) is 2. The van der Waals surface area contributed by atoms with Gasteiger partial charge in [-0.25, -0.2) is 14.5 Å².